The molecule has 0 fully saturated rings. The van der Waals surface area contributed by atoms with Crippen LogP contribution in [0, 0.1) is 5.92 Å². The number of benzene rings is 1. The molecule has 0 saturated heterocycles. The number of hydrogen-bond acceptors (Lipinski definition) is 7. The zero-order valence-electron chi connectivity index (χ0n) is 16.7. The van der Waals surface area contributed by atoms with Crippen LogP contribution in [-0.4, -0.2) is 43.8 Å². The van der Waals surface area contributed by atoms with Gasteiger partial charge in [-0.05, 0) is 36.3 Å². The molecule has 29 heavy (non-hydrogen) atoms. The summed E-state index contributed by atoms with van der Waals surface area (Å²) < 4.78 is 15.5. The fraction of sp³-hybridized carbons (Fsp3) is 0.286. The van der Waals surface area contributed by atoms with Crippen LogP contribution >= 0.6 is 0 Å². The van der Waals surface area contributed by atoms with Crippen LogP contribution in [-0.2, 0) is 19.1 Å². The van der Waals surface area contributed by atoms with Crippen LogP contribution in [0.2, 0.25) is 0 Å². The number of allylic oxidation sites excluding steroid dienone is 2. The van der Waals surface area contributed by atoms with E-state index in [0.29, 0.717) is 12.4 Å². The summed E-state index contributed by atoms with van der Waals surface area (Å²) in [6, 6.07) is 4.29. The second-order valence-corrected chi connectivity index (χ2v) is 6.51. The zero-order chi connectivity index (χ0) is 21.6. The smallest absolute Gasteiger partial charge is 0.355 e. The third kappa shape index (κ3) is 5.04. The monoisotopic (exact) mass is 401 g/mol. The molecule has 0 radical (unpaired) electrons. The normalized spacial score (nSPS) is 13.3. The maximum Gasteiger partial charge on any atom is 0.355 e. The SMILES string of the molecule is COC(=O)C1=C(C(=O)OC)N(c2cc(C(=O)O)ccc2OCC(C)C)C=CC=C1. The van der Waals surface area contributed by atoms with Crippen molar-refractivity contribution in [2.45, 2.75) is 13.8 Å². The molecule has 1 N–H and O–H groups in total. The summed E-state index contributed by atoms with van der Waals surface area (Å²) in [5, 5.41) is 9.40. The minimum atomic E-state index is -1.14. The minimum absolute atomic E-state index is 0.00802. The van der Waals surface area contributed by atoms with E-state index in [1.807, 2.05) is 13.8 Å². The number of carboxylic acid groups (broad SMARTS) is 1. The van der Waals surface area contributed by atoms with E-state index in [0.717, 1.165) is 0 Å². The molecule has 154 valence electrons. The third-order valence-electron chi connectivity index (χ3n) is 3.93. The Labute approximate surface area is 168 Å². The molecule has 0 atom stereocenters. The van der Waals surface area contributed by atoms with E-state index in [4.69, 9.17) is 14.2 Å². The number of hydrogen-bond donors (Lipinski definition) is 1. The molecule has 1 aliphatic rings. The first-order valence-electron chi connectivity index (χ1n) is 8.85. The van der Waals surface area contributed by atoms with Gasteiger partial charge < -0.3 is 24.2 Å². The predicted molar refractivity (Wildman–Crippen MR) is 106 cm³/mol. The molecule has 8 nitrogen and oxygen atoms in total. The summed E-state index contributed by atoms with van der Waals surface area (Å²) in [5.74, 6) is -2.12. The van der Waals surface area contributed by atoms with E-state index in [1.165, 1.54) is 49.6 Å². The highest BCUT2D eigenvalue weighted by Crippen LogP contribution is 2.35. The first kappa shape index (κ1) is 21.7. The molecule has 0 amide bonds. The number of ether oxygens (including phenoxy) is 3. The van der Waals surface area contributed by atoms with Crippen LogP contribution in [0.25, 0.3) is 0 Å². The Morgan fingerprint density at radius 1 is 1.07 bits per heavy atom. The second-order valence-electron chi connectivity index (χ2n) is 6.51. The molecule has 0 aliphatic carbocycles. The fourth-order valence-corrected chi connectivity index (χ4v) is 2.57. The van der Waals surface area contributed by atoms with E-state index < -0.39 is 17.9 Å². The van der Waals surface area contributed by atoms with Crippen molar-refractivity contribution in [3.8, 4) is 5.75 Å². The summed E-state index contributed by atoms with van der Waals surface area (Å²) in [7, 11) is 2.38. The number of aromatic carboxylic acids is 1. The Morgan fingerprint density at radius 2 is 1.76 bits per heavy atom. The van der Waals surface area contributed by atoms with Gasteiger partial charge in [-0.3, -0.25) is 0 Å². The average molecular weight is 401 g/mol. The number of carboxylic acids is 1. The number of esters is 2. The Hall–Kier alpha value is -3.55. The number of carbonyl (C=O) groups excluding carboxylic acids is 2. The quantitative estimate of drug-likeness (QED) is 0.696. The van der Waals surface area contributed by atoms with Crippen molar-refractivity contribution >= 4 is 23.6 Å². The molecule has 0 unspecified atom stereocenters. The van der Waals surface area contributed by atoms with E-state index >= 15 is 0 Å². The van der Waals surface area contributed by atoms with Crippen LogP contribution in [0.5, 0.6) is 5.75 Å². The van der Waals surface area contributed by atoms with Crippen molar-refractivity contribution < 1.29 is 33.7 Å². The Bertz CT molecular complexity index is 896. The van der Waals surface area contributed by atoms with Gasteiger partial charge in [-0.2, -0.15) is 0 Å². The standard InChI is InChI=1S/C21H23NO7/c1-13(2)12-29-17-9-8-14(19(23)24)11-16(17)22-10-6-5-7-15(20(25)27-3)18(22)21(26)28-4/h5-11,13H,12H2,1-4H3,(H,23,24). The minimum Gasteiger partial charge on any atom is -0.491 e. The van der Waals surface area contributed by atoms with Gasteiger partial charge in [0.1, 0.15) is 11.4 Å². The fourth-order valence-electron chi connectivity index (χ4n) is 2.57. The van der Waals surface area contributed by atoms with Gasteiger partial charge >= 0.3 is 17.9 Å². The highest BCUT2D eigenvalue weighted by Gasteiger charge is 2.29. The maximum absolute atomic E-state index is 12.6. The van der Waals surface area contributed by atoms with E-state index in [-0.39, 0.29) is 28.4 Å². The van der Waals surface area contributed by atoms with Crippen LogP contribution < -0.4 is 9.64 Å². The molecule has 1 heterocycles. The van der Waals surface area contributed by atoms with Gasteiger partial charge in [0.2, 0.25) is 0 Å². The summed E-state index contributed by atoms with van der Waals surface area (Å²) >= 11 is 0. The van der Waals surface area contributed by atoms with Crippen molar-refractivity contribution in [3.63, 3.8) is 0 Å². The van der Waals surface area contributed by atoms with Crippen molar-refractivity contribution in [2.24, 2.45) is 5.92 Å². The largest absolute Gasteiger partial charge is 0.491 e. The summed E-state index contributed by atoms with van der Waals surface area (Å²) in [6.07, 6.45) is 6.09. The van der Waals surface area contributed by atoms with Gasteiger partial charge in [0.05, 0.1) is 37.7 Å². The first-order valence-corrected chi connectivity index (χ1v) is 8.85. The number of carbonyl (C=O) groups is 3. The van der Waals surface area contributed by atoms with Gasteiger partial charge in [0, 0.05) is 6.20 Å². The first-order chi connectivity index (χ1) is 13.8. The molecule has 2 rings (SSSR count). The number of methoxy groups -OCH3 is 2. The van der Waals surface area contributed by atoms with Crippen LogP contribution in [0.15, 0.2) is 53.9 Å². The molecule has 0 aromatic heterocycles. The highest BCUT2D eigenvalue weighted by molar-refractivity contribution is 6.06. The van der Waals surface area contributed by atoms with Gasteiger partial charge in [0.15, 0.2) is 0 Å². The highest BCUT2D eigenvalue weighted by atomic mass is 16.5. The molecule has 0 spiro atoms. The molecular weight excluding hydrogens is 378 g/mol. The van der Waals surface area contributed by atoms with Crippen molar-refractivity contribution in [1.29, 1.82) is 0 Å². The second kappa shape index (κ2) is 9.59. The lowest BCUT2D eigenvalue weighted by molar-refractivity contribution is -0.139. The van der Waals surface area contributed by atoms with Gasteiger partial charge in [-0.15, -0.1) is 0 Å². The molecule has 1 aromatic rings. The third-order valence-corrected chi connectivity index (χ3v) is 3.93. The lowest BCUT2D eigenvalue weighted by Crippen LogP contribution is -2.27. The van der Waals surface area contributed by atoms with Gasteiger partial charge in [0.25, 0.3) is 0 Å². The van der Waals surface area contributed by atoms with E-state index in [2.05, 4.69) is 0 Å². The van der Waals surface area contributed by atoms with Crippen molar-refractivity contribution in [2.75, 3.05) is 25.7 Å². The maximum atomic E-state index is 12.6. The molecule has 0 bridgehead atoms. The Kier molecular flexibility index (Phi) is 7.19. The molecule has 1 aliphatic heterocycles. The van der Waals surface area contributed by atoms with Crippen LogP contribution in [0.4, 0.5) is 5.69 Å². The van der Waals surface area contributed by atoms with Crippen LogP contribution in [0.3, 0.4) is 0 Å². The molecule has 8 heteroatoms. The molecular formula is C21H23NO7. The molecule has 0 saturated carbocycles. The summed E-state index contributed by atoms with van der Waals surface area (Å²) in [5.41, 5.74) is 0.0970. The van der Waals surface area contributed by atoms with Crippen molar-refractivity contribution in [1.82, 2.24) is 0 Å². The number of rotatable bonds is 7. The van der Waals surface area contributed by atoms with E-state index in [9.17, 15) is 19.5 Å². The topological polar surface area (TPSA) is 102 Å². The van der Waals surface area contributed by atoms with Crippen LogP contribution in [0.1, 0.15) is 24.2 Å². The predicted octanol–water partition coefficient (Wildman–Crippen LogP) is 2.91. The summed E-state index contributed by atoms with van der Waals surface area (Å²) in [6.45, 7) is 4.31. The van der Waals surface area contributed by atoms with Crippen molar-refractivity contribution in [3.05, 3.63) is 59.5 Å². The summed E-state index contributed by atoms with van der Waals surface area (Å²) in [4.78, 5) is 37.7. The zero-order valence-corrected chi connectivity index (χ0v) is 16.7. The average Bonchev–Trinajstić information content (AvgIpc) is 2.93. The van der Waals surface area contributed by atoms with E-state index in [1.54, 1.807) is 12.2 Å². The number of anilines is 1. The van der Waals surface area contributed by atoms with Gasteiger partial charge in [-0.25, -0.2) is 14.4 Å². The lowest BCUT2D eigenvalue weighted by atomic mass is 10.1. The van der Waals surface area contributed by atoms with Gasteiger partial charge in [-0.1, -0.05) is 19.9 Å². The molecule has 1 aromatic carbocycles. The lowest BCUT2D eigenvalue weighted by Gasteiger charge is -2.26. The number of nitrogens with zero attached hydrogens (tertiary/aromatic N) is 1. The Morgan fingerprint density at radius 3 is 2.34 bits per heavy atom. The Balaban J connectivity index is 2.72.